The van der Waals surface area contributed by atoms with Gasteiger partial charge in [0, 0.05) is 24.4 Å². The van der Waals surface area contributed by atoms with Crippen LogP contribution in [0, 0.1) is 5.92 Å². The van der Waals surface area contributed by atoms with Gasteiger partial charge in [0.1, 0.15) is 4.75 Å². The smallest absolute Gasteiger partial charge is 0.389 e. The molecule has 0 heterocycles. The predicted molar refractivity (Wildman–Crippen MR) is 112 cm³/mol. The van der Waals surface area contributed by atoms with Crippen molar-refractivity contribution in [1.82, 2.24) is 4.72 Å². The molecule has 1 N–H and O–H groups in total. The van der Waals surface area contributed by atoms with E-state index in [9.17, 15) is 17.7 Å². The van der Waals surface area contributed by atoms with Crippen LogP contribution in [-0.2, 0) is 15.8 Å². The Kier molecular flexibility index (Phi) is 10.4. The standard InChI is InChI=1S/C19H40F3NO2SSi/c1-15(11-13-25-27(8,9)18(5,6)7)14-16(10-12-19(20,21)22)23-26(24)17(2,3)4/h15-16,23H,10-14H2,1-9H3. The van der Waals surface area contributed by atoms with Gasteiger partial charge in [-0.15, -0.1) is 4.72 Å². The molecule has 0 aromatic heterocycles. The summed E-state index contributed by atoms with van der Waals surface area (Å²) in [6, 6.07) is -0.422. The lowest BCUT2D eigenvalue weighted by molar-refractivity contribution is -0.136. The van der Waals surface area contributed by atoms with E-state index in [0.717, 1.165) is 6.42 Å². The van der Waals surface area contributed by atoms with Crippen LogP contribution in [0.3, 0.4) is 0 Å². The first kappa shape index (κ1) is 27.2. The minimum absolute atomic E-state index is 0.0568. The van der Waals surface area contributed by atoms with Gasteiger partial charge < -0.3 is 8.98 Å². The lowest BCUT2D eigenvalue weighted by atomic mass is 9.96. The number of nitrogens with one attached hydrogen (secondary N) is 1. The van der Waals surface area contributed by atoms with E-state index < -0.39 is 43.1 Å². The molecule has 8 heteroatoms. The van der Waals surface area contributed by atoms with Crippen molar-refractivity contribution in [3.63, 3.8) is 0 Å². The molecule has 0 aliphatic carbocycles. The number of hydrogen-bond donors (Lipinski definition) is 1. The second-order valence-corrected chi connectivity index (χ2v) is 16.9. The molecule has 0 aliphatic rings. The van der Waals surface area contributed by atoms with E-state index >= 15 is 0 Å². The fraction of sp³-hybridized carbons (Fsp3) is 1.00. The molecule has 3 unspecified atom stereocenters. The highest BCUT2D eigenvalue weighted by atomic mass is 32.2. The SMILES string of the molecule is CC(CCO[Si](C)(C)C(C)(C)C)CC(CCC(F)(F)F)N[S+]([O-])C(C)(C)C. The molecule has 0 fully saturated rings. The van der Waals surface area contributed by atoms with Gasteiger partial charge in [-0.3, -0.25) is 0 Å². The van der Waals surface area contributed by atoms with Crippen LogP contribution in [0.25, 0.3) is 0 Å². The van der Waals surface area contributed by atoms with Crippen molar-refractivity contribution in [3.05, 3.63) is 0 Å². The minimum Gasteiger partial charge on any atom is -0.598 e. The Hall–Kier alpha value is 0.237. The topological polar surface area (TPSA) is 44.3 Å². The predicted octanol–water partition coefficient (Wildman–Crippen LogP) is 6.19. The largest absolute Gasteiger partial charge is 0.598 e. The van der Waals surface area contributed by atoms with Crippen LogP contribution >= 0.6 is 0 Å². The fourth-order valence-electron chi connectivity index (χ4n) is 2.23. The normalized spacial score (nSPS) is 17.7. The van der Waals surface area contributed by atoms with Gasteiger partial charge in [-0.05, 0) is 64.1 Å². The van der Waals surface area contributed by atoms with Crippen LogP contribution in [0.1, 0.15) is 74.1 Å². The van der Waals surface area contributed by atoms with Crippen LogP contribution in [0.2, 0.25) is 18.1 Å². The summed E-state index contributed by atoms with van der Waals surface area (Å²) in [5, 5.41) is 0.136. The average molecular weight is 432 g/mol. The zero-order valence-corrected chi connectivity index (χ0v) is 20.4. The van der Waals surface area contributed by atoms with Crippen molar-refractivity contribution < 1.29 is 22.2 Å². The molecule has 0 aromatic rings. The van der Waals surface area contributed by atoms with Gasteiger partial charge in [0.15, 0.2) is 8.32 Å². The van der Waals surface area contributed by atoms with Gasteiger partial charge >= 0.3 is 6.18 Å². The fourth-order valence-corrected chi connectivity index (χ4v) is 4.16. The third kappa shape index (κ3) is 11.7. The Labute approximate surface area is 168 Å². The third-order valence-corrected chi connectivity index (χ3v) is 11.4. The van der Waals surface area contributed by atoms with Crippen molar-refractivity contribution in [2.45, 2.75) is 109 Å². The van der Waals surface area contributed by atoms with Crippen LogP contribution in [0.5, 0.6) is 0 Å². The molecule has 0 saturated carbocycles. The van der Waals surface area contributed by atoms with Crippen LogP contribution < -0.4 is 4.72 Å². The maximum atomic E-state index is 12.7. The lowest BCUT2D eigenvalue weighted by Gasteiger charge is -2.36. The van der Waals surface area contributed by atoms with Gasteiger partial charge in [0.25, 0.3) is 0 Å². The van der Waals surface area contributed by atoms with Crippen LogP contribution in [-0.4, -0.2) is 36.4 Å². The molecule has 164 valence electrons. The van der Waals surface area contributed by atoms with Gasteiger partial charge in [0.05, 0.1) is 6.04 Å². The summed E-state index contributed by atoms with van der Waals surface area (Å²) in [5.41, 5.74) is 0. The number of rotatable bonds is 10. The summed E-state index contributed by atoms with van der Waals surface area (Å²) < 4.78 is 58.9. The van der Waals surface area contributed by atoms with E-state index in [1.165, 1.54) is 0 Å². The number of halogens is 3. The first-order valence-corrected chi connectivity index (χ1v) is 13.8. The second-order valence-electron chi connectivity index (χ2n) is 10.1. The third-order valence-electron chi connectivity index (χ3n) is 5.17. The molecule has 0 rings (SSSR count). The van der Waals surface area contributed by atoms with Crippen LogP contribution in [0.4, 0.5) is 13.2 Å². The van der Waals surface area contributed by atoms with Crippen molar-refractivity contribution in [2.24, 2.45) is 5.92 Å². The summed E-state index contributed by atoms with van der Waals surface area (Å²) in [6.45, 7) is 19.0. The van der Waals surface area contributed by atoms with Gasteiger partial charge in [0.2, 0.25) is 0 Å². The second kappa shape index (κ2) is 10.3. The lowest BCUT2D eigenvalue weighted by Crippen LogP contribution is -2.45. The van der Waals surface area contributed by atoms with Gasteiger partial charge in [-0.25, -0.2) is 0 Å². The minimum atomic E-state index is -4.20. The Morgan fingerprint density at radius 2 is 1.56 bits per heavy atom. The van der Waals surface area contributed by atoms with E-state index in [0.29, 0.717) is 13.0 Å². The molecule has 3 nitrogen and oxygen atoms in total. The summed E-state index contributed by atoms with van der Waals surface area (Å²) in [7, 11) is -1.82. The Morgan fingerprint density at radius 1 is 1.04 bits per heavy atom. The number of hydrogen-bond acceptors (Lipinski definition) is 3. The summed E-state index contributed by atoms with van der Waals surface area (Å²) >= 11 is -1.39. The molecular weight excluding hydrogens is 391 g/mol. The monoisotopic (exact) mass is 431 g/mol. The first-order valence-electron chi connectivity index (χ1n) is 9.74. The molecular formula is C19H40F3NO2SSi. The quantitative estimate of drug-likeness (QED) is 0.331. The summed E-state index contributed by atoms with van der Waals surface area (Å²) in [4.78, 5) is 0. The van der Waals surface area contributed by atoms with Crippen molar-refractivity contribution in [2.75, 3.05) is 6.61 Å². The van der Waals surface area contributed by atoms with E-state index in [4.69, 9.17) is 4.43 Å². The zero-order valence-electron chi connectivity index (χ0n) is 18.5. The van der Waals surface area contributed by atoms with E-state index in [1.54, 1.807) is 0 Å². The average Bonchev–Trinajstić information content (AvgIpc) is 2.41. The van der Waals surface area contributed by atoms with Crippen molar-refractivity contribution >= 4 is 19.7 Å². The van der Waals surface area contributed by atoms with Crippen molar-refractivity contribution in [1.29, 1.82) is 0 Å². The maximum Gasteiger partial charge on any atom is 0.389 e. The van der Waals surface area contributed by atoms with Crippen LogP contribution in [0.15, 0.2) is 0 Å². The van der Waals surface area contributed by atoms with Gasteiger partial charge in [-0.1, -0.05) is 27.7 Å². The molecule has 0 saturated heterocycles. The number of alkyl halides is 3. The highest BCUT2D eigenvalue weighted by Crippen LogP contribution is 2.36. The highest BCUT2D eigenvalue weighted by Gasteiger charge is 2.37. The first-order chi connectivity index (χ1) is 11.8. The maximum absolute atomic E-state index is 12.7. The molecule has 0 radical (unpaired) electrons. The Morgan fingerprint density at radius 3 is 1.96 bits per heavy atom. The molecule has 0 amide bonds. The molecule has 0 aliphatic heterocycles. The molecule has 0 aromatic carbocycles. The zero-order chi connectivity index (χ0) is 21.7. The summed E-state index contributed by atoms with van der Waals surface area (Å²) in [6.07, 6.45) is -3.77. The van der Waals surface area contributed by atoms with E-state index in [1.807, 2.05) is 27.7 Å². The van der Waals surface area contributed by atoms with Crippen molar-refractivity contribution in [3.8, 4) is 0 Å². The Bertz CT molecular complexity index is 434. The molecule has 3 atom stereocenters. The highest BCUT2D eigenvalue weighted by molar-refractivity contribution is 7.90. The van der Waals surface area contributed by atoms with E-state index in [-0.39, 0.29) is 17.4 Å². The Balaban J connectivity index is 4.70. The van der Waals surface area contributed by atoms with E-state index in [2.05, 4.69) is 38.6 Å². The molecule has 0 bridgehead atoms. The molecule has 0 spiro atoms. The van der Waals surface area contributed by atoms with Gasteiger partial charge in [-0.2, -0.15) is 13.2 Å². The summed E-state index contributed by atoms with van der Waals surface area (Å²) in [5.74, 6) is 0.192. The molecule has 27 heavy (non-hydrogen) atoms.